The predicted molar refractivity (Wildman–Crippen MR) is 80.2 cm³/mol. The Balaban J connectivity index is 2.02. The molecule has 1 aromatic carbocycles. The maximum atomic E-state index is 12.6. The van der Waals surface area contributed by atoms with Crippen LogP contribution in [0.25, 0.3) is 10.9 Å². The van der Waals surface area contributed by atoms with E-state index in [1.165, 1.54) is 6.33 Å². The van der Waals surface area contributed by atoms with E-state index >= 15 is 0 Å². The van der Waals surface area contributed by atoms with Crippen molar-refractivity contribution in [2.75, 3.05) is 0 Å². The van der Waals surface area contributed by atoms with Gasteiger partial charge in [0, 0.05) is 23.2 Å². The fourth-order valence-corrected chi connectivity index (χ4v) is 2.47. The van der Waals surface area contributed by atoms with Crippen LogP contribution in [0.4, 0.5) is 0 Å². The summed E-state index contributed by atoms with van der Waals surface area (Å²) < 4.78 is 1.74. The van der Waals surface area contributed by atoms with Crippen LogP contribution >= 0.6 is 0 Å². The first-order valence-corrected chi connectivity index (χ1v) is 6.95. The number of carbonyl (C=O) groups is 1. The molecule has 0 amide bonds. The lowest BCUT2D eigenvalue weighted by Gasteiger charge is -2.07. The smallest absolute Gasteiger partial charge is 0.171 e. The minimum atomic E-state index is 0.0411. The molecule has 0 saturated heterocycles. The lowest BCUT2D eigenvalue weighted by Crippen LogP contribution is -2.11. The number of ketones is 1. The summed E-state index contributed by atoms with van der Waals surface area (Å²) in [5, 5.41) is 4.99. The zero-order valence-electron chi connectivity index (χ0n) is 12.1. The third-order valence-electron chi connectivity index (χ3n) is 3.46. The number of pyridine rings is 1. The van der Waals surface area contributed by atoms with Crippen LogP contribution in [0.2, 0.25) is 0 Å². The Morgan fingerprint density at radius 1 is 1.29 bits per heavy atom. The normalized spacial score (nSPS) is 11.0. The highest BCUT2D eigenvalue weighted by Crippen LogP contribution is 2.19. The second-order valence-corrected chi connectivity index (χ2v) is 4.92. The molecule has 0 unspecified atom stereocenters. The monoisotopic (exact) mass is 280 g/mol. The van der Waals surface area contributed by atoms with Crippen LogP contribution in [0, 0.1) is 6.92 Å². The number of nitrogens with zero attached hydrogens (tertiary/aromatic N) is 4. The summed E-state index contributed by atoms with van der Waals surface area (Å²) in [6, 6.07) is 9.55. The van der Waals surface area contributed by atoms with E-state index in [-0.39, 0.29) is 12.2 Å². The molecule has 0 N–H and O–H groups in total. The number of Topliss-reactive ketones (excluding diaryl/α,β-unsaturated/α-hetero) is 1. The molecule has 0 aliphatic heterocycles. The van der Waals surface area contributed by atoms with Crippen molar-refractivity contribution >= 4 is 16.7 Å². The Kier molecular flexibility index (Phi) is 3.48. The van der Waals surface area contributed by atoms with Gasteiger partial charge in [0.2, 0.25) is 0 Å². The highest BCUT2D eigenvalue weighted by Gasteiger charge is 2.15. The fraction of sp³-hybridized carbons (Fsp3) is 0.250. The number of para-hydroxylation sites is 1. The largest absolute Gasteiger partial charge is 0.294 e. The van der Waals surface area contributed by atoms with Crippen LogP contribution in [0.1, 0.15) is 28.8 Å². The summed E-state index contributed by atoms with van der Waals surface area (Å²) in [4.78, 5) is 21.3. The van der Waals surface area contributed by atoms with Gasteiger partial charge in [-0.05, 0) is 26.0 Å². The molecule has 0 atom stereocenters. The second kappa shape index (κ2) is 5.44. The van der Waals surface area contributed by atoms with Gasteiger partial charge in [-0.25, -0.2) is 9.67 Å². The molecule has 5 heteroatoms. The Bertz CT molecular complexity index is 807. The van der Waals surface area contributed by atoms with Crippen LogP contribution in [0.5, 0.6) is 0 Å². The molecule has 0 saturated carbocycles. The summed E-state index contributed by atoms with van der Waals surface area (Å²) in [6.45, 7) is 4.59. The zero-order chi connectivity index (χ0) is 14.8. The Labute approximate surface area is 122 Å². The Morgan fingerprint density at radius 2 is 2.10 bits per heavy atom. The highest BCUT2D eigenvalue weighted by atomic mass is 16.1. The maximum absolute atomic E-state index is 12.6. The summed E-state index contributed by atoms with van der Waals surface area (Å²) in [5.74, 6) is 0.737. The average Bonchev–Trinajstić information content (AvgIpc) is 2.93. The van der Waals surface area contributed by atoms with E-state index in [1.54, 1.807) is 4.68 Å². The van der Waals surface area contributed by atoms with Gasteiger partial charge in [0.1, 0.15) is 12.2 Å². The number of rotatable bonds is 4. The van der Waals surface area contributed by atoms with E-state index in [4.69, 9.17) is 0 Å². The van der Waals surface area contributed by atoms with Crippen molar-refractivity contribution in [3.63, 3.8) is 0 Å². The summed E-state index contributed by atoms with van der Waals surface area (Å²) in [6.07, 6.45) is 1.74. The minimum absolute atomic E-state index is 0.0411. The summed E-state index contributed by atoms with van der Waals surface area (Å²) >= 11 is 0. The molecule has 3 aromatic rings. The molecule has 106 valence electrons. The summed E-state index contributed by atoms with van der Waals surface area (Å²) in [7, 11) is 0. The molecule has 0 bridgehead atoms. The van der Waals surface area contributed by atoms with Gasteiger partial charge in [0.15, 0.2) is 5.78 Å². The number of aromatic nitrogens is 4. The number of hydrogen-bond acceptors (Lipinski definition) is 4. The lowest BCUT2D eigenvalue weighted by molar-refractivity contribution is 0.0991. The van der Waals surface area contributed by atoms with E-state index in [9.17, 15) is 4.79 Å². The number of hydrogen-bond donors (Lipinski definition) is 0. The van der Waals surface area contributed by atoms with Gasteiger partial charge in [-0.3, -0.25) is 9.78 Å². The van der Waals surface area contributed by atoms with E-state index in [1.807, 2.05) is 44.2 Å². The van der Waals surface area contributed by atoms with E-state index in [0.717, 1.165) is 16.6 Å². The third-order valence-corrected chi connectivity index (χ3v) is 3.46. The Morgan fingerprint density at radius 3 is 2.90 bits per heavy atom. The van der Waals surface area contributed by atoms with E-state index in [0.29, 0.717) is 17.9 Å². The molecule has 0 radical (unpaired) electrons. The van der Waals surface area contributed by atoms with Crippen LogP contribution < -0.4 is 0 Å². The molecule has 0 aliphatic carbocycles. The molecule has 5 nitrogen and oxygen atoms in total. The van der Waals surface area contributed by atoms with Crippen molar-refractivity contribution in [2.45, 2.75) is 26.8 Å². The maximum Gasteiger partial charge on any atom is 0.171 e. The van der Waals surface area contributed by atoms with Gasteiger partial charge in [0.05, 0.1) is 11.9 Å². The quantitative estimate of drug-likeness (QED) is 0.689. The van der Waals surface area contributed by atoms with Crippen molar-refractivity contribution in [1.82, 2.24) is 19.7 Å². The molecule has 2 aromatic heterocycles. The number of benzene rings is 1. The van der Waals surface area contributed by atoms with Gasteiger partial charge in [-0.15, -0.1) is 0 Å². The van der Waals surface area contributed by atoms with Crippen LogP contribution in [0.15, 0.2) is 36.7 Å². The molecule has 0 fully saturated rings. The number of carbonyl (C=O) groups excluding carboxylic acids is 1. The predicted octanol–water partition coefficient (Wildman–Crippen LogP) is 2.58. The standard InChI is InChI=1S/C16H16N4O/c1-3-20-16(17-10-18-20)9-15(21)13-8-11(2)19-14-7-5-4-6-12(13)14/h4-8,10H,3,9H2,1-2H3. The van der Waals surface area contributed by atoms with Crippen molar-refractivity contribution < 1.29 is 4.79 Å². The summed E-state index contributed by atoms with van der Waals surface area (Å²) in [5.41, 5.74) is 2.38. The van der Waals surface area contributed by atoms with Crippen molar-refractivity contribution in [1.29, 1.82) is 0 Å². The third kappa shape index (κ3) is 2.54. The van der Waals surface area contributed by atoms with Crippen LogP contribution in [-0.2, 0) is 13.0 Å². The van der Waals surface area contributed by atoms with E-state index in [2.05, 4.69) is 15.1 Å². The van der Waals surface area contributed by atoms with Gasteiger partial charge in [-0.1, -0.05) is 18.2 Å². The van der Waals surface area contributed by atoms with Crippen LogP contribution in [0.3, 0.4) is 0 Å². The molecular weight excluding hydrogens is 264 g/mol. The van der Waals surface area contributed by atoms with Crippen molar-refractivity contribution in [3.05, 3.63) is 53.7 Å². The first-order valence-electron chi connectivity index (χ1n) is 6.95. The van der Waals surface area contributed by atoms with Crippen LogP contribution in [-0.4, -0.2) is 25.5 Å². The SMILES string of the molecule is CCn1ncnc1CC(=O)c1cc(C)nc2ccccc12. The lowest BCUT2D eigenvalue weighted by atomic mass is 10.0. The fourth-order valence-electron chi connectivity index (χ4n) is 2.47. The average molecular weight is 280 g/mol. The first-order chi connectivity index (χ1) is 10.2. The van der Waals surface area contributed by atoms with E-state index < -0.39 is 0 Å². The number of aryl methyl sites for hydroxylation is 2. The van der Waals surface area contributed by atoms with Gasteiger partial charge < -0.3 is 0 Å². The molecule has 21 heavy (non-hydrogen) atoms. The topological polar surface area (TPSA) is 60.7 Å². The molecular formula is C16H16N4O. The molecule has 0 spiro atoms. The minimum Gasteiger partial charge on any atom is -0.294 e. The van der Waals surface area contributed by atoms with Gasteiger partial charge in [-0.2, -0.15) is 5.10 Å². The molecule has 2 heterocycles. The number of fused-ring (bicyclic) bond motifs is 1. The van der Waals surface area contributed by atoms with Crippen molar-refractivity contribution in [2.24, 2.45) is 0 Å². The highest BCUT2D eigenvalue weighted by molar-refractivity contribution is 6.07. The van der Waals surface area contributed by atoms with Gasteiger partial charge in [0.25, 0.3) is 0 Å². The second-order valence-electron chi connectivity index (χ2n) is 4.92. The van der Waals surface area contributed by atoms with Crippen molar-refractivity contribution in [3.8, 4) is 0 Å². The first kappa shape index (κ1) is 13.4. The molecule has 3 rings (SSSR count). The molecule has 0 aliphatic rings. The zero-order valence-corrected chi connectivity index (χ0v) is 12.1. The van der Waals surface area contributed by atoms with Gasteiger partial charge >= 0.3 is 0 Å². The Hall–Kier alpha value is -2.56.